The second-order valence-corrected chi connectivity index (χ2v) is 5.21. The van der Waals surface area contributed by atoms with E-state index in [2.05, 4.69) is 61.5 Å². The van der Waals surface area contributed by atoms with Crippen LogP contribution in [0.25, 0.3) is 0 Å². The van der Waals surface area contributed by atoms with Gasteiger partial charge in [-0.15, -0.1) is 0 Å². The van der Waals surface area contributed by atoms with Crippen LogP contribution in [0.3, 0.4) is 0 Å². The summed E-state index contributed by atoms with van der Waals surface area (Å²) in [5.74, 6) is 0.576. The Morgan fingerprint density at radius 2 is 1.74 bits per heavy atom. The number of benzene rings is 2. The zero-order valence-corrected chi connectivity index (χ0v) is 11.7. The van der Waals surface area contributed by atoms with Gasteiger partial charge in [-0.05, 0) is 49.8 Å². The minimum absolute atomic E-state index is 0.576. The highest BCUT2D eigenvalue weighted by Crippen LogP contribution is 2.24. The zero-order valence-electron chi connectivity index (χ0n) is 11.7. The number of rotatable bonds is 6. The maximum atomic E-state index is 5.76. The van der Waals surface area contributed by atoms with Gasteiger partial charge in [-0.2, -0.15) is 0 Å². The first-order valence-electron chi connectivity index (χ1n) is 7.10. The van der Waals surface area contributed by atoms with Crippen molar-refractivity contribution >= 4 is 0 Å². The van der Waals surface area contributed by atoms with Crippen LogP contribution in [0.5, 0.6) is 0 Å². The highest BCUT2D eigenvalue weighted by Gasteiger charge is 2.10. The summed E-state index contributed by atoms with van der Waals surface area (Å²) in [4.78, 5) is 0. The van der Waals surface area contributed by atoms with Crippen LogP contribution in [0.1, 0.15) is 35.4 Å². The Morgan fingerprint density at radius 1 is 0.947 bits per heavy atom. The fourth-order valence-electron chi connectivity index (χ4n) is 2.61. The second-order valence-electron chi connectivity index (χ2n) is 5.21. The maximum absolute atomic E-state index is 5.76. The molecule has 0 aliphatic rings. The number of hydrogen-bond acceptors (Lipinski definition) is 1. The van der Waals surface area contributed by atoms with E-state index >= 15 is 0 Å². The summed E-state index contributed by atoms with van der Waals surface area (Å²) in [6.07, 6.45) is 3.36. The van der Waals surface area contributed by atoms with Gasteiger partial charge in [0.15, 0.2) is 0 Å². The Morgan fingerprint density at radius 3 is 2.42 bits per heavy atom. The molecule has 0 spiro atoms. The quantitative estimate of drug-likeness (QED) is 0.825. The number of hydrogen-bond donors (Lipinski definition) is 1. The molecular weight excluding hydrogens is 230 g/mol. The standard InChI is InChI=1S/C18H23N/c1-15-6-5-7-16(14-15)10-11-18(12-13-19)17-8-3-2-4-9-17/h2-9,14,18H,10-13,19H2,1H3. The highest BCUT2D eigenvalue weighted by atomic mass is 14.5. The predicted octanol–water partition coefficient (Wildman–Crippen LogP) is 4.06. The van der Waals surface area contributed by atoms with E-state index in [1.165, 1.54) is 23.1 Å². The van der Waals surface area contributed by atoms with E-state index in [1.807, 2.05) is 0 Å². The SMILES string of the molecule is Cc1cccc(CCC(CCN)c2ccccc2)c1. The fourth-order valence-corrected chi connectivity index (χ4v) is 2.61. The molecule has 0 saturated heterocycles. The number of nitrogens with two attached hydrogens (primary N) is 1. The third-order valence-corrected chi connectivity index (χ3v) is 3.65. The molecule has 100 valence electrons. The van der Waals surface area contributed by atoms with Gasteiger partial charge in [-0.3, -0.25) is 0 Å². The van der Waals surface area contributed by atoms with Crippen molar-refractivity contribution < 1.29 is 0 Å². The molecule has 0 bridgehead atoms. The summed E-state index contributed by atoms with van der Waals surface area (Å²) in [6.45, 7) is 2.91. The maximum Gasteiger partial charge on any atom is -0.00714 e. The van der Waals surface area contributed by atoms with Crippen LogP contribution in [0.4, 0.5) is 0 Å². The fraction of sp³-hybridized carbons (Fsp3) is 0.333. The van der Waals surface area contributed by atoms with Crippen LogP contribution in [0.2, 0.25) is 0 Å². The minimum atomic E-state index is 0.576. The van der Waals surface area contributed by atoms with Crippen molar-refractivity contribution in [1.29, 1.82) is 0 Å². The summed E-state index contributed by atoms with van der Waals surface area (Å²) in [6, 6.07) is 19.5. The van der Waals surface area contributed by atoms with E-state index in [9.17, 15) is 0 Å². The second kappa shape index (κ2) is 7.10. The van der Waals surface area contributed by atoms with Crippen molar-refractivity contribution in [3.05, 3.63) is 71.3 Å². The van der Waals surface area contributed by atoms with E-state index in [0.717, 1.165) is 19.4 Å². The third-order valence-electron chi connectivity index (χ3n) is 3.65. The van der Waals surface area contributed by atoms with E-state index < -0.39 is 0 Å². The molecule has 2 rings (SSSR count). The van der Waals surface area contributed by atoms with Gasteiger partial charge in [0.25, 0.3) is 0 Å². The molecule has 0 amide bonds. The van der Waals surface area contributed by atoms with Gasteiger partial charge in [0, 0.05) is 0 Å². The molecule has 0 aliphatic carbocycles. The summed E-state index contributed by atoms with van der Waals surface area (Å²) in [5.41, 5.74) is 9.95. The van der Waals surface area contributed by atoms with Crippen molar-refractivity contribution in [2.45, 2.75) is 32.1 Å². The van der Waals surface area contributed by atoms with Crippen LogP contribution < -0.4 is 5.73 Å². The van der Waals surface area contributed by atoms with E-state index in [-0.39, 0.29) is 0 Å². The normalized spacial score (nSPS) is 12.3. The van der Waals surface area contributed by atoms with Crippen molar-refractivity contribution in [1.82, 2.24) is 0 Å². The van der Waals surface area contributed by atoms with Crippen molar-refractivity contribution in [2.24, 2.45) is 5.73 Å². The third kappa shape index (κ3) is 4.22. The van der Waals surface area contributed by atoms with Crippen LogP contribution >= 0.6 is 0 Å². The van der Waals surface area contributed by atoms with E-state index in [4.69, 9.17) is 5.73 Å². The lowest BCUT2D eigenvalue weighted by Gasteiger charge is -2.16. The van der Waals surface area contributed by atoms with Gasteiger partial charge in [0.05, 0.1) is 0 Å². The lowest BCUT2D eigenvalue weighted by atomic mass is 9.89. The molecule has 0 radical (unpaired) electrons. The molecule has 1 unspecified atom stereocenters. The van der Waals surface area contributed by atoms with Gasteiger partial charge in [0.2, 0.25) is 0 Å². The molecular formula is C18H23N. The Balaban J connectivity index is 2.01. The van der Waals surface area contributed by atoms with E-state index in [0.29, 0.717) is 5.92 Å². The zero-order chi connectivity index (χ0) is 13.5. The Hall–Kier alpha value is -1.60. The number of aryl methyl sites for hydroxylation is 2. The molecule has 1 atom stereocenters. The first-order valence-corrected chi connectivity index (χ1v) is 7.10. The first kappa shape index (κ1) is 13.8. The van der Waals surface area contributed by atoms with Crippen LogP contribution in [-0.2, 0) is 6.42 Å². The molecule has 0 fully saturated rings. The molecule has 0 aliphatic heterocycles. The Kier molecular flexibility index (Phi) is 5.17. The molecule has 1 nitrogen and oxygen atoms in total. The molecule has 0 saturated carbocycles. The monoisotopic (exact) mass is 253 g/mol. The van der Waals surface area contributed by atoms with Gasteiger partial charge < -0.3 is 5.73 Å². The van der Waals surface area contributed by atoms with Gasteiger partial charge in [0.1, 0.15) is 0 Å². The van der Waals surface area contributed by atoms with Gasteiger partial charge in [-0.25, -0.2) is 0 Å². The molecule has 1 heteroatoms. The van der Waals surface area contributed by atoms with Crippen molar-refractivity contribution in [3.8, 4) is 0 Å². The first-order chi connectivity index (χ1) is 9.29. The summed E-state index contributed by atoms with van der Waals surface area (Å²) < 4.78 is 0. The lowest BCUT2D eigenvalue weighted by Crippen LogP contribution is -2.08. The van der Waals surface area contributed by atoms with E-state index in [1.54, 1.807) is 0 Å². The molecule has 2 aromatic carbocycles. The van der Waals surface area contributed by atoms with Crippen LogP contribution in [0.15, 0.2) is 54.6 Å². The summed E-state index contributed by atoms with van der Waals surface area (Å²) >= 11 is 0. The minimum Gasteiger partial charge on any atom is -0.330 e. The molecule has 2 aromatic rings. The van der Waals surface area contributed by atoms with Gasteiger partial charge >= 0.3 is 0 Å². The Labute approximate surface area is 116 Å². The van der Waals surface area contributed by atoms with Crippen molar-refractivity contribution in [3.63, 3.8) is 0 Å². The average Bonchev–Trinajstić information content (AvgIpc) is 2.44. The molecule has 0 aromatic heterocycles. The van der Waals surface area contributed by atoms with Crippen LogP contribution in [0, 0.1) is 6.92 Å². The lowest BCUT2D eigenvalue weighted by molar-refractivity contribution is 0.584. The van der Waals surface area contributed by atoms with Crippen LogP contribution in [-0.4, -0.2) is 6.54 Å². The van der Waals surface area contributed by atoms with Gasteiger partial charge in [-0.1, -0.05) is 60.2 Å². The van der Waals surface area contributed by atoms with Crippen molar-refractivity contribution in [2.75, 3.05) is 6.54 Å². The average molecular weight is 253 g/mol. The Bertz CT molecular complexity index is 490. The summed E-state index contributed by atoms with van der Waals surface area (Å²) in [5, 5.41) is 0. The smallest absolute Gasteiger partial charge is 0.00714 e. The largest absolute Gasteiger partial charge is 0.330 e. The topological polar surface area (TPSA) is 26.0 Å². The molecule has 2 N–H and O–H groups in total. The highest BCUT2D eigenvalue weighted by molar-refractivity contribution is 5.24. The predicted molar refractivity (Wildman–Crippen MR) is 82.4 cm³/mol. The molecule has 19 heavy (non-hydrogen) atoms. The summed E-state index contributed by atoms with van der Waals surface area (Å²) in [7, 11) is 0. The molecule has 0 heterocycles.